The zero-order chi connectivity index (χ0) is 20.0. The molecule has 0 fully saturated rings. The summed E-state index contributed by atoms with van der Waals surface area (Å²) in [6, 6.07) is 11.0. The predicted molar refractivity (Wildman–Crippen MR) is 99.0 cm³/mol. The molecule has 0 saturated heterocycles. The monoisotopic (exact) mass is 373 g/mol. The fourth-order valence-electron chi connectivity index (χ4n) is 2.46. The Hall–Kier alpha value is -3.62. The van der Waals surface area contributed by atoms with Crippen molar-refractivity contribution >= 4 is 28.8 Å². The van der Waals surface area contributed by atoms with Crippen molar-refractivity contribution in [3.05, 3.63) is 52.6 Å². The zero-order valence-electron chi connectivity index (χ0n) is 15.1. The first-order valence-corrected chi connectivity index (χ1v) is 7.92. The van der Waals surface area contributed by atoms with E-state index in [-0.39, 0.29) is 29.3 Å². The highest BCUT2D eigenvalue weighted by Gasteiger charge is 2.25. The van der Waals surface area contributed by atoms with Gasteiger partial charge < -0.3 is 9.47 Å². The number of carbonyl (C=O) groups is 2. The Morgan fingerprint density at radius 1 is 1.11 bits per heavy atom. The molecule has 0 aliphatic heterocycles. The Bertz CT molecular complexity index is 868. The number of nitrogens with zero attached hydrogens (tertiary/aromatic N) is 2. The number of hydrogen-bond donors (Lipinski definition) is 1. The molecule has 0 bridgehead atoms. The first-order valence-electron chi connectivity index (χ1n) is 7.92. The van der Waals surface area contributed by atoms with Crippen molar-refractivity contribution in [2.24, 2.45) is 0 Å². The largest absolute Gasteiger partial charge is 0.494 e. The lowest BCUT2D eigenvalue weighted by Crippen LogP contribution is -2.37. The maximum atomic E-state index is 12.7. The van der Waals surface area contributed by atoms with Gasteiger partial charge in [0.15, 0.2) is 0 Å². The summed E-state index contributed by atoms with van der Waals surface area (Å²) >= 11 is 0. The maximum Gasteiger partial charge on any atom is 0.313 e. The van der Waals surface area contributed by atoms with Crippen molar-refractivity contribution in [1.82, 2.24) is 0 Å². The van der Waals surface area contributed by atoms with Crippen LogP contribution in [0.3, 0.4) is 0 Å². The van der Waals surface area contributed by atoms with E-state index in [2.05, 4.69) is 5.43 Å². The number of nitro benzene ring substituents is 1. The number of nitrogens with one attached hydrogen (secondary N) is 1. The summed E-state index contributed by atoms with van der Waals surface area (Å²) in [6.45, 7) is 1.30. The van der Waals surface area contributed by atoms with E-state index in [4.69, 9.17) is 9.47 Å². The van der Waals surface area contributed by atoms with Gasteiger partial charge in [-0.2, -0.15) is 0 Å². The van der Waals surface area contributed by atoms with Gasteiger partial charge in [-0.15, -0.1) is 0 Å². The molecule has 0 aliphatic rings. The third-order valence-electron chi connectivity index (χ3n) is 3.60. The van der Waals surface area contributed by atoms with Gasteiger partial charge >= 0.3 is 5.69 Å². The first-order chi connectivity index (χ1) is 12.9. The number of Topliss-reactive ketones (excluding diaryl/α,β-unsaturated/α-hetero) is 1. The Kier molecular flexibility index (Phi) is 6.32. The molecule has 2 aromatic carbocycles. The molecule has 27 heavy (non-hydrogen) atoms. The van der Waals surface area contributed by atoms with Crippen molar-refractivity contribution in [2.45, 2.75) is 13.3 Å². The molecule has 142 valence electrons. The SMILES string of the molecule is COc1ccccc1N(Nc1cccc([N+](=O)[O-])c1OC)C(=O)CC(C)=O. The van der Waals surface area contributed by atoms with Gasteiger partial charge in [0, 0.05) is 6.07 Å². The van der Waals surface area contributed by atoms with Crippen LogP contribution < -0.4 is 19.9 Å². The van der Waals surface area contributed by atoms with Crippen molar-refractivity contribution in [3.63, 3.8) is 0 Å². The lowest BCUT2D eigenvalue weighted by molar-refractivity contribution is -0.385. The van der Waals surface area contributed by atoms with E-state index in [1.807, 2.05) is 0 Å². The molecule has 9 nitrogen and oxygen atoms in total. The van der Waals surface area contributed by atoms with Crippen LogP contribution in [0.4, 0.5) is 17.1 Å². The van der Waals surface area contributed by atoms with Gasteiger partial charge in [0.2, 0.25) is 5.75 Å². The van der Waals surface area contributed by atoms with Crippen molar-refractivity contribution in [3.8, 4) is 11.5 Å². The number of ether oxygens (including phenoxy) is 2. The van der Waals surface area contributed by atoms with E-state index >= 15 is 0 Å². The summed E-state index contributed by atoms with van der Waals surface area (Å²) in [4.78, 5) is 34.7. The number of methoxy groups -OCH3 is 2. The molecule has 1 N–H and O–H groups in total. The quantitative estimate of drug-likeness (QED) is 0.430. The summed E-state index contributed by atoms with van der Waals surface area (Å²) in [6.07, 6.45) is -0.359. The Balaban J connectivity index is 2.53. The Morgan fingerprint density at radius 3 is 2.41 bits per heavy atom. The molecule has 0 aromatic heterocycles. The maximum absolute atomic E-state index is 12.7. The van der Waals surface area contributed by atoms with Crippen molar-refractivity contribution in [2.75, 3.05) is 24.7 Å². The van der Waals surface area contributed by atoms with Gasteiger partial charge in [-0.1, -0.05) is 18.2 Å². The Labute approximate surface area is 155 Å². The smallest absolute Gasteiger partial charge is 0.313 e. The van der Waals surface area contributed by atoms with Crippen LogP contribution in [0.5, 0.6) is 11.5 Å². The van der Waals surface area contributed by atoms with Crippen molar-refractivity contribution in [1.29, 1.82) is 0 Å². The number of benzene rings is 2. The molecular weight excluding hydrogens is 354 g/mol. The number of carbonyl (C=O) groups excluding carboxylic acids is 2. The predicted octanol–water partition coefficient (Wildman–Crippen LogP) is 2.95. The minimum Gasteiger partial charge on any atom is -0.494 e. The van der Waals surface area contributed by atoms with Gasteiger partial charge in [0.1, 0.15) is 22.9 Å². The van der Waals surface area contributed by atoms with Crippen LogP contribution in [0.1, 0.15) is 13.3 Å². The van der Waals surface area contributed by atoms with Crippen LogP contribution >= 0.6 is 0 Å². The van der Waals surface area contributed by atoms with E-state index in [0.29, 0.717) is 11.4 Å². The highest BCUT2D eigenvalue weighted by molar-refractivity contribution is 6.06. The third-order valence-corrected chi connectivity index (χ3v) is 3.60. The van der Waals surface area contributed by atoms with Gasteiger partial charge in [-0.3, -0.25) is 25.1 Å². The molecule has 0 radical (unpaired) electrons. The summed E-state index contributed by atoms with van der Waals surface area (Å²) in [5, 5.41) is 12.3. The second-order valence-corrected chi connectivity index (χ2v) is 5.51. The van der Waals surface area contributed by atoms with Crippen molar-refractivity contribution < 1.29 is 24.0 Å². The van der Waals surface area contributed by atoms with Crippen LogP contribution in [0.2, 0.25) is 0 Å². The number of hydrazine groups is 1. The highest BCUT2D eigenvalue weighted by Crippen LogP contribution is 2.36. The van der Waals surface area contributed by atoms with Crippen LogP contribution in [-0.4, -0.2) is 30.8 Å². The fourth-order valence-corrected chi connectivity index (χ4v) is 2.46. The van der Waals surface area contributed by atoms with Crippen LogP contribution in [0, 0.1) is 10.1 Å². The minimum atomic E-state index is -0.588. The molecule has 0 saturated carbocycles. The second-order valence-electron chi connectivity index (χ2n) is 5.51. The standard InChI is InChI=1S/C18H19N3O6/c1-12(22)11-17(23)20(14-8-4-5-10-16(14)26-2)19-13-7-6-9-15(21(24)25)18(13)27-3/h4-10,19H,11H2,1-3H3. The molecule has 0 unspecified atom stereocenters. The minimum absolute atomic E-state index is 0.0435. The molecule has 2 aromatic rings. The number of anilines is 2. The molecule has 0 spiro atoms. The number of hydrogen-bond acceptors (Lipinski definition) is 7. The number of amides is 1. The molecule has 9 heteroatoms. The van der Waals surface area contributed by atoms with Gasteiger partial charge in [0.05, 0.1) is 25.6 Å². The average Bonchev–Trinajstić information content (AvgIpc) is 2.64. The fraction of sp³-hybridized carbons (Fsp3) is 0.222. The van der Waals surface area contributed by atoms with Crippen LogP contribution in [-0.2, 0) is 9.59 Å². The summed E-state index contributed by atoms with van der Waals surface area (Å²) in [5.74, 6) is -0.544. The molecule has 0 heterocycles. The van der Waals surface area contributed by atoms with E-state index in [0.717, 1.165) is 5.01 Å². The van der Waals surface area contributed by atoms with Gasteiger partial charge in [-0.25, -0.2) is 5.01 Å². The average molecular weight is 373 g/mol. The first kappa shape index (κ1) is 19.7. The normalized spacial score (nSPS) is 10.0. The second kappa shape index (κ2) is 8.65. The van der Waals surface area contributed by atoms with E-state index < -0.39 is 10.8 Å². The number of nitro groups is 1. The molecule has 1 amide bonds. The topological polar surface area (TPSA) is 111 Å². The van der Waals surface area contributed by atoms with Gasteiger partial charge in [-0.05, 0) is 25.1 Å². The van der Waals surface area contributed by atoms with Crippen LogP contribution in [0.25, 0.3) is 0 Å². The molecule has 0 aliphatic carbocycles. The van der Waals surface area contributed by atoms with E-state index in [1.54, 1.807) is 24.3 Å². The number of para-hydroxylation sites is 3. The zero-order valence-corrected chi connectivity index (χ0v) is 15.1. The third kappa shape index (κ3) is 4.51. The molecule has 2 rings (SSSR count). The number of ketones is 1. The molecular formula is C18H19N3O6. The number of rotatable bonds is 8. The van der Waals surface area contributed by atoms with Crippen LogP contribution in [0.15, 0.2) is 42.5 Å². The summed E-state index contributed by atoms with van der Waals surface area (Å²) in [5.41, 5.74) is 3.09. The van der Waals surface area contributed by atoms with E-state index in [9.17, 15) is 19.7 Å². The van der Waals surface area contributed by atoms with Gasteiger partial charge in [0.25, 0.3) is 5.91 Å². The highest BCUT2D eigenvalue weighted by atomic mass is 16.6. The lowest BCUT2D eigenvalue weighted by Gasteiger charge is -2.26. The molecule has 0 atom stereocenters. The summed E-state index contributed by atoms with van der Waals surface area (Å²) < 4.78 is 10.4. The lowest BCUT2D eigenvalue weighted by atomic mass is 10.2. The Morgan fingerprint density at radius 2 is 1.81 bits per heavy atom. The summed E-state index contributed by atoms with van der Waals surface area (Å²) in [7, 11) is 2.73. The van der Waals surface area contributed by atoms with E-state index in [1.165, 1.54) is 39.3 Å².